The van der Waals surface area contributed by atoms with Gasteiger partial charge in [0.15, 0.2) is 0 Å². The van der Waals surface area contributed by atoms with Crippen molar-refractivity contribution < 1.29 is 4.74 Å². The topological polar surface area (TPSA) is 21.3 Å². The van der Waals surface area contributed by atoms with E-state index in [1.54, 1.807) is 5.57 Å². The molecule has 1 aliphatic carbocycles. The molecule has 1 atom stereocenters. The third-order valence-corrected chi connectivity index (χ3v) is 3.80. The first-order chi connectivity index (χ1) is 8.90. The summed E-state index contributed by atoms with van der Waals surface area (Å²) in [5, 5.41) is 3.65. The predicted molar refractivity (Wildman–Crippen MR) is 76.5 cm³/mol. The first kappa shape index (κ1) is 13.7. The summed E-state index contributed by atoms with van der Waals surface area (Å²) in [7, 11) is 0. The lowest BCUT2D eigenvalue weighted by atomic mass is 9.93. The lowest BCUT2D eigenvalue weighted by Gasteiger charge is -2.26. The number of allylic oxidation sites excluding steroid dienone is 2. The summed E-state index contributed by atoms with van der Waals surface area (Å²) in [6, 6.07) is 0.412. The van der Waals surface area contributed by atoms with Crippen molar-refractivity contribution in [3.63, 3.8) is 0 Å². The molecule has 0 aromatic carbocycles. The van der Waals surface area contributed by atoms with E-state index in [2.05, 4.69) is 24.4 Å². The van der Waals surface area contributed by atoms with Gasteiger partial charge in [-0.3, -0.25) is 0 Å². The number of hydrogen-bond donors (Lipinski definition) is 1. The van der Waals surface area contributed by atoms with Gasteiger partial charge in [-0.1, -0.05) is 18.6 Å². The minimum Gasteiger partial charge on any atom is -0.497 e. The van der Waals surface area contributed by atoms with Crippen LogP contribution in [0.25, 0.3) is 0 Å². The Morgan fingerprint density at radius 2 is 2.11 bits per heavy atom. The van der Waals surface area contributed by atoms with Crippen LogP contribution in [0.15, 0.2) is 23.5 Å². The van der Waals surface area contributed by atoms with Gasteiger partial charge in [-0.15, -0.1) is 0 Å². The molecule has 2 heteroatoms. The monoisotopic (exact) mass is 249 g/mol. The van der Waals surface area contributed by atoms with Crippen LogP contribution in [0.3, 0.4) is 0 Å². The van der Waals surface area contributed by atoms with E-state index >= 15 is 0 Å². The van der Waals surface area contributed by atoms with E-state index in [9.17, 15) is 0 Å². The molecule has 0 bridgehead atoms. The molecule has 2 aliphatic rings. The van der Waals surface area contributed by atoms with E-state index in [-0.39, 0.29) is 0 Å². The van der Waals surface area contributed by atoms with Crippen molar-refractivity contribution >= 4 is 0 Å². The van der Waals surface area contributed by atoms with Crippen LogP contribution in [0.1, 0.15) is 58.3 Å². The van der Waals surface area contributed by atoms with Crippen LogP contribution in [0.2, 0.25) is 0 Å². The molecule has 0 spiro atoms. The van der Waals surface area contributed by atoms with Crippen LogP contribution in [0.5, 0.6) is 0 Å². The third-order valence-electron chi connectivity index (χ3n) is 3.80. The molecular weight excluding hydrogens is 222 g/mol. The lowest BCUT2D eigenvalue weighted by molar-refractivity contribution is 0.166. The molecule has 0 fully saturated rings. The quantitative estimate of drug-likeness (QED) is 0.720. The molecule has 0 amide bonds. The van der Waals surface area contributed by atoms with E-state index in [0.29, 0.717) is 6.04 Å². The molecule has 1 N–H and O–H groups in total. The maximum absolute atomic E-state index is 5.85. The Morgan fingerprint density at radius 1 is 1.22 bits per heavy atom. The molecule has 2 nitrogen and oxygen atoms in total. The second-order valence-corrected chi connectivity index (χ2v) is 5.42. The minimum atomic E-state index is 0.412. The molecule has 102 valence electrons. The van der Waals surface area contributed by atoms with Gasteiger partial charge in [0.2, 0.25) is 0 Å². The molecule has 18 heavy (non-hydrogen) atoms. The zero-order valence-corrected chi connectivity index (χ0v) is 11.7. The second kappa shape index (κ2) is 7.63. The van der Waals surface area contributed by atoms with Crippen molar-refractivity contribution in [2.24, 2.45) is 0 Å². The highest BCUT2D eigenvalue weighted by Gasteiger charge is 2.19. The van der Waals surface area contributed by atoms with Gasteiger partial charge in [0.25, 0.3) is 0 Å². The van der Waals surface area contributed by atoms with Gasteiger partial charge in [-0.2, -0.15) is 0 Å². The average molecular weight is 249 g/mol. The predicted octanol–water partition coefficient (Wildman–Crippen LogP) is 3.94. The summed E-state index contributed by atoms with van der Waals surface area (Å²) in [5.41, 5.74) is 1.63. The summed E-state index contributed by atoms with van der Waals surface area (Å²) >= 11 is 0. The Kier molecular flexibility index (Phi) is 5.79. The van der Waals surface area contributed by atoms with Crippen LogP contribution in [-0.4, -0.2) is 19.2 Å². The summed E-state index contributed by atoms with van der Waals surface area (Å²) in [5.74, 6) is 1.20. The van der Waals surface area contributed by atoms with Gasteiger partial charge < -0.3 is 10.1 Å². The molecule has 0 saturated heterocycles. The summed E-state index contributed by atoms with van der Waals surface area (Å²) in [6.45, 7) is 4.20. The molecular formula is C16H27NO. The highest BCUT2D eigenvalue weighted by atomic mass is 16.5. The van der Waals surface area contributed by atoms with E-state index in [1.807, 2.05) is 0 Å². The van der Waals surface area contributed by atoms with E-state index in [1.165, 1.54) is 50.7 Å². The highest BCUT2D eigenvalue weighted by Crippen LogP contribution is 2.25. The number of hydrogen-bond acceptors (Lipinski definition) is 2. The van der Waals surface area contributed by atoms with E-state index in [4.69, 9.17) is 4.74 Å². The Labute approximate surface area is 111 Å². The molecule has 0 saturated carbocycles. The standard InChI is InChI=1S/C16H27NO/c1-2-11-17-15(16-10-6-7-12-18-16)13-14-8-4-3-5-9-14/h8,10,15,17H,2-7,9,11-13H2,1H3. The Hall–Kier alpha value is -0.760. The SMILES string of the molecule is CCCNC(CC1=CCCCC1)C1=CCCCO1. The summed E-state index contributed by atoms with van der Waals surface area (Å²) < 4.78 is 5.85. The molecule has 1 unspecified atom stereocenters. The molecule has 1 heterocycles. The number of ether oxygens (including phenoxy) is 1. The number of nitrogens with one attached hydrogen (secondary N) is 1. The van der Waals surface area contributed by atoms with Crippen LogP contribution >= 0.6 is 0 Å². The van der Waals surface area contributed by atoms with E-state index in [0.717, 1.165) is 19.6 Å². The van der Waals surface area contributed by atoms with Gasteiger partial charge in [-0.05, 0) is 64.0 Å². The maximum Gasteiger partial charge on any atom is 0.109 e. The highest BCUT2D eigenvalue weighted by molar-refractivity contribution is 5.14. The normalized spacial score (nSPS) is 21.8. The van der Waals surface area contributed by atoms with Crippen molar-refractivity contribution in [3.05, 3.63) is 23.5 Å². The van der Waals surface area contributed by atoms with Crippen molar-refractivity contribution in [1.29, 1.82) is 0 Å². The largest absolute Gasteiger partial charge is 0.497 e. The molecule has 0 aromatic heterocycles. The van der Waals surface area contributed by atoms with Crippen molar-refractivity contribution in [3.8, 4) is 0 Å². The smallest absolute Gasteiger partial charge is 0.109 e. The van der Waals surface area contributed by atoms with E-state index < -0.39 is 0 Å². The van der Waals surface area contributed by atoms with Gasteiger partial charge in [-0.25, -0.2) is 0 Å². The van der Waals surface area contributed by atoms with Crippen molar-refractivity contribution in [1.82, 2.24) is 5.32 Å². The first-order valence-corrected chi connectivity index (χ1v) is 7.64. The first-order valence-electron chi connectivity index (χ1n) is 7.64. The molecule has 0 aromatic rings. The van der Waals surface area contributed by atoms with Gasteiger partial charge in [0.05, 0.1) is 12.6 Å². The molecule has 1 aliphatic heterocycles. The zero-order valence-electron chi connectivity index (χ0n) is 11.7. The van der Waals surface area contributed by atoms with Gasteiger partial charge in [0, 0.05) is 0 Å². The molecule has 2 rings (SSSR count). The Balaban J connectivity index is 1.95. The summed E-state index contributed by atoms with van der Waals surface area (Å²) in [4.78, 5) is 0. The van der Waals surface area contributed by atoms with Crippen LogP contribution in [0.4, 0.5) is 0 Å². The summed E-state index contributed by atoms with van der Waals surface area (Å²) in [6.07, 6.45) is 14.7. The zero-order chi connectivity index (χ0) is 12.6. The fourth-order valence-electron chi connectivity index (χ4n) is 2.76. The molecule has 0 radical (unpaired) electrons. The number of rotatable bonds is 6. The van der Waals surface area contributed by atoms with Crippen LogP contribution in [0, 0.1) is 0 Å². The van der Waals surface area contributed by atoms with Gasteiger partial charge in [0.1, 0.15) is 5.76 Å². The fourth-order valence-corrected chi connectivity index (χ4v) is 2.76. The minimum absolute atomic E-state index is 0.412. The second-order valence-electron chi connectivity index (χ2n) is 5.42. The Morgan fingerprint density at radius 3 is 2.78 bits per heavy atom. The Bertz CT molecular complexity index is 306. The fraction of sp³-hybridized carbons (Fsp3) is 0.750. The van der Waals surface area contributed by atoms with Crippen LogP contribution < -0.4 is 5.32 Å². The third kappa shape index (κ3) is 4.16. The lowest BCUT2D eigenvalue weighted by Crippen LogP contribution is -2.34. The van der Waals surface area contributed by atoms with Crippen LogP contribution in [-0.2, 0) is 4.74 Å². The van der Waals surface area contributed by atoms with Gasteiger partial charge >= 0.3 is 0 Å². The maximum atomic E-state index is 5.85. The average Bonchev–Trinajstić information content (AvgIpc) is 2.45. The van der Waals surface area contributed by atoms with Crippen molar-refractivity contribution in [2.45, 2.75) is 64.3 Å². The van der Waals surface area contributed by atoms with Crippen molar-refractivity contribution in [2.75, 3.05) is 13.2 Å².